The molecule has 5 heteroatoms. The van der Waals surface area contributed by atoms with Crippen LogP contribution in [0.2, 0.25) is 5.02 Å². The first-order chi connectivity index (χ1) is 10.8. The summed E-state index contributed by atoms with van der Waals surface area (Å²) in [4.78, 5) is 9.20. The molecule has 0 saturated heterocycles. The number of nitrogens with one attached hydrogen (secondary N) is 2. The lowest BCUT2D eigenvalue weighted by Gasteiger charge is -2.12. The Bertz CT molecular complexity index is 830. The quantitative estimate of drug-likeness (QED) is 0.739. The zero-order chi connectivity index (χ0) is 14.9. The number of rotatable bonds is 4. The molecule has 0 radical (unpaired) electrons. The van der Waals surface area contributed by atoms with Crippen LogP contribution in [-0.4, -0.2) is 16.0 Å². The summed E-state index contributed by atoms with van der Waals surface area (Å²) in [7, 11) is 0. The fourth-order valence-corrected chi connectivity index (χ4v) is 2.53. The van der Waals surface area contributed by atoms with Gasteiger partial charge in [0.1, 0.15) is 5.82 Å². The Morgan fingerprint density at radius 1 is 0.955 bits per heavy atom. The molecule has 22 heavy (non-hydrogen) atoms. The third kappa shape index (κ3) is 2.70. The lowest BCUT2D eigenvalue weighted by molar-refractivity contribution is 1.11. The molecule has 1 aromatic heterocycles. The van der Waals surface area contributed by atoms with Crippen molar-refractivity contribution >= 4 is 40.0 Å². The second-order valence-corrected chi connectivity index (χ2v) is 5.84. The van der Waals surface area contributed by atoms with E-state index in [1.165, 1.54) is 12.8 Å². The lowest BCUT2D eigenvalue weighted by atomic mass is 10.2. The van der Waals surface area contributed by atoms with E-state index >= 15 is 0 Å². The highest BCUT2D eigenvalue weighted by Gasteiger charge is 2.22. The van der Waals surface area contributed by atoms with Crippen LogP contribution in [0.1, 0.15) is 12.8 Å². The molecule has 3 aromatic rings. The molecule has 1 aliphatic carbocycles. The van der Waals surface area contributed by atoms with Crippen LogP contribution in [0.25, 0.3) is 10.9 Å². The SMILES string of the molecule is Clc1ccccc1Nc1nc(NC2CC2)c2ccccc2n1. The first-order valence-electron chi connectivity index (χ1n) is 7.34. The largest absolute Gasteiger partial charge is 0.367 e. The van der Waals surface area contributed by atoms with Crippen molar-refractivity contribution in [2.75, 3.05) is 10.6 Å². The molecule has 0 aliphatic heterocycles. The number of nitrogens with zero attached hydrogens (tertiary/aromatic N) is 2. The summed E-state index contributed by atoms with van der Waals surface area (Å²) in [6.45, 7) is 0. The maximum Gasteiger partial charge on any atom is 0.229 e. The molecule has 1 saturated carbocycles. The zero-order valence-electron chi connectivity index (χ0n) is 11.9. The normalized spacial score (nSPS) is 14.0. The van der Waals surface area contributed by atoms with Crippen LogP contribution in [0.15, 0.2) is 48.5 Å². The van der Waals surface area contributed by atoms with Gasteiger partial charge in [-0.05, 0) is 37.1 Å². The Hall–Kier alpha value is -2.33. The predicted octanol–water partition coefficient (Wildman–Crippen LogP) is 4.60. The van der Waals surface area contributed by atoms with E-state index in [-0.39, 0.29) is 0 Å². The van der Waals surface area contributed by atoms with Gasteiger partial charge in [-0.2, -0.15) is 4.98 Å². The third-order valence-electron chi connectivity index (χ3n) is 3.64. The number of anilines is 3. The van der Waals surface area contributed by atoms with Crippen LogP contribution < -0.4 is 10.6 Å². The number of benzene rings is 2. The van der Waals surface area contributed by atoms with Crippen LogP contribution in [0, 0.1) is 0 Å². The zero-order valence-corrected chi connectivity index (χ0v) is 12.6. The van der Waals surface area contributed by atoms with Crippen LogP contribution in [0.5, 0.6) is 0 Å². The number of para-hydroxylation sites is 2. The van der Waals surface area contributed by atoms with E-state index in [1.807, 2.05) is 48.5 Å². The van der Waals surface area contributed by atoms with Gasteiger partial charge in [0.05, 0.1) is 16.2 Å². The molecule has 0 spiro atoms. The molecule has 0 amide bonds. The van der Waals surface area contributed by atoms with E-state index in [9.17, 15) is 0 Å². The van der Waals surface area contributed by atoms with Crippen molar-refractivity contribution < 1.29 is 0 Å². The van der Waals surface area contributed by atoms with Gasteiger partial charge in [0, 0.05) is 11.4 Å². The van der Waals surface area contributed by atoms with E-state index < -0.39 is 0 Å². The van der Waals surface area contributed by atoms with Crippen molar-refractivity contribution in [3.05, 3.63) is 53.6 Å². The maximum atomic E-state index is 6.19. The van der Waals surface area contributed by atoms with Gasteiger partial charge in [0.2, 0.25) is 5.95 Å². The highest BCUT2D eigenvalue weighted by Crippen LogP contribution is 2.30. The number of aromatic nitrogens is 2. The minimum atomic E-state index is 0.534. The summed E-state index contributed by atoms with van der Waals surface area (Å²) in [5, 5.41) is 8.37. The van der Waals surface area contributed by atoms with Gasteiger partial charge in [-0.15, -0.1) is 0 Å². The minimum Gasteiger partial charge on any atom is -0.367 e. The molecule has 1 fully saturated rings. The second-order valence-electron chi connectivity index (χ2n) is 5.44. The molecule has 2 N–H and O–H groups in total. The Labute approximate surface area is 133 Å². The summed E-state index contributed by atoms with van der Waals surface area (Å²) in [5.74, 6) is 1.43. The molecule has 1 heterocycles. The Balaban J connectivity index is 1.75. The van der Waals surface area contributed by atoms with E-state index in [0.29, 0.717) is 17.0 Å². The summed E-state index contributed by atoms with van der Waals surface area (Å²) in [6, 6.07) is 16.1. The van der Waals surface area contributed by atoms with Gasteiger partial charge in [0.25, 0.3) is 0 Å². The summed E-state index contributed by atoms with van der Waals surface area (Å²) < 4.78 is 0. The molecule has 0 unspecified atom stereocenters. The number of halogens is 1. The summed E-state index contributed by atoms with van der Waals surface area (Å²) in [6.07, 6.45) is 2.40. The number of hydrogen-bond donors (Lipinski definition) is 2. The average Bonchev–Trinajstić information content (AvgIpc) is 3.34. The topological polar surface area (TPSA) is 49.8 Å². The van der Waals surface area contributed by atoms with E-state index in [0.717, 1.165) is 22.4 Å². The van der Waals surface area contributed by atoms with Gasteiger partial charge in [-0.25, -0.2) is 4.98 Å². The van der Waals surface area contributed by atoms with Crippen molar-refractivity contribution in [1.29, 1.82) is 0 Å². The van der Waals surface area contributed by atoms with Crippen LogP contribution in [-0.2, 0) is 0 Å². The standard InChI is InChI=1S/C17H15ClN4/c18-13-6-2-4-8-15(13)21-17-20-14-7-3-1-5-12(14)16(22-17)19-11-9-10-11/h1-8,11H,9-10H2,(H2,19,20,21,22). The monoisotopic (exact) mass is 310 g/mol. The Morgan fingerprint density at radius 3 is 2.55 bits per heavy atom. The van der Waals surface area contributed by atoms with Crippen LogP contribution in [0.4, 0.5) is 17.5 Å². The molecule has 0 atom stereocenters. The van der Waals surface area contributed by atoms with Crippen LogP contribution >= 0.6 is 11.6 Å². The van der Waals surface area contributed by atoms with Gasteiger partial charge in [0.15, 0.2) is 0 Å². The maximum absolute atomic E-state index is 6.19. The first-order valence-corrected chi connectivity index (χ1v) is 7.72. The molecule has 0 bridgehead atoms. The fraction of sp³-hybridized carbons (Fsp3) is 0.176. The fourth-order valence-electron chi connectivity index (χ4n) is 2.35. The number of fused-ring (bicyclic) bond motifs is 1. The molecular weight excluding hydrogens is 296 g/mol. The first kappa shape index (κ1) is 13.3. The predicted molar refractivity (Wildman–Crippen MR) is 90.9 cm³/mol. The smallest absolute Gasteiger partial charge is 0.229 e. The van der Waals surface area contributed by atoms with Crippen molar-refractivity contribution in [3.63, 3.8) is 0 Å². The summed E-state index contributed by atoms with van der Waals surface area (Å²) >= 11 is 6.19. The molecule has 4 rings (SSSR count). The Morgan fingerprint density at radius 2 is 1.73 bits per heavy atom. The third-order valence-corrected chi connectivity index (χ3v) is 3.97. The highest BCUT2D eigenvalue weighted by atomic mass is 35.5. The van der Waals surface area contributed by atoms with Gasteiger partial charge < -0.3 is 10.6 Å². The van der Waals surface area contributed by atoms with Crippen molar-refractivity contribution in [3.8, 4) is 0 Å². The molecule has 2 aromatic carbocycles. The molecular formula is C17H15ClN4. The summed E-state index contributed by atoms with van der Waals surface area (Å²) in [5.41, 5.74) is 1.71. The molecule has 110 valence electrons. The molecule has 1 aliphatic rings. The molecule has 4 nitrogen and oxygen atoms in total. The highest BCUT2D eigenvalue weighted by molar-refractivity contribution is 6.33. The minimum absolute atomic E-state index is 0.534. The second kappa shape index (κ2) is 5.46. The van der Waals surface area contributed by atoms with E-state index in [4.69, 9.17) is 11.6 Å². The van der Waals surface area contributed by atoms with Gasteiger partial charge in [-0.3, -0.25) is 0 Å². The number of hydrogen-bond acceptors (Lipinski definition) is 4. The van der Waals surface area contributed by atoms with E-state index in [2.05, 4.69) is 20.6 Å². The van der Waals surface area contributed by atoms with Crippen molar-refractivity contribution in [2.24, 2.45) is 0 Å². The van der Waals surface area contributed by atoms with Gasteiger partial charge in [-0.1, -0.05) is 35.9 Å². The van der Waals surface area contributed by atoms with Crippen molar-refractivity contribution in [2.45, 2.75) is 18.9 Å². The van der Waals surface area contributed by atoms with Crippen LogP contribution in [0.3, 0.4) is 0 Å². The lowest BCUT2D eigenvalue weighted by Crippen LogP contribution is -2.07. The van der Waals surface area contributed by atoms with Gasteiger partial charge >= 0.3 is 0 Å². The van der Waals surface area contributed by atoms with E-state index in [1.54, 1.807) is 0 Å². The Kier molecular flexibility index (Phi) is 3.31. The van der Waals surface area contributed by atoms with Crippen molar-refractivity contribution in [1.82, 2.24) is 9.97 Å². The average molecular weight is 311 g/mol.